The number of nitrogens with zero attached hydrogens (tertiary/aromatic N) is 1. The molecule has 0 radical (unpaired) electrons. The van der Waals surface area contributed by atoms with Crippen molar-refractivity contribution in [1.82, 2.24) is 10.2 Å². The van der Waals surface area contributed by atoms with Crippen molar-refractivity contribution in [1.29, 1.82) is 0 Å². The van der Waals surface area contributed by atoms with Gasteiger partial charge in [-0.15, -0.1) is 11.8 Å². The first kappa shape index (κ1) is 15.7. The standard InChI is InChI=1S/C15H26N2O2S/c1-5-15(6-2)7-8-17(10-15)12(18)11-9-20-14(3,4)13(19)16-11/h11H,5-10H2,1-4H3,(H,16,19)/t11-/m0/s1. The summed E-state index contributed by atoms with van der Waals surface area (Å²) in [6, 6.07) is -0.343. The molecule has 4 nitrogen and oxygen atoms in total. The van der Waals surface area contributed by atoms with E-state index in [1.54, 1.807) is 11.8 Å². The molecular weight excluding hydrogens is 272 g/mol. The lowest BCUT2D eigenvalue weighted by Gasteiger charge is -2.35. The van der Waals surface area contributed by atoms with Gasteiger partial charge in [0.05, 0.1) is 4.75 Å². The van der Waals surface area contributed by atoms with Crippen molar-refractivity contribution in [2.45, 2.75) is 57.7 Å². The van der Waals surface area contributed by atoms with E-state index in [0.717, 1.165) is 32.4 Å². The first-order valence-electron chi connectivity index (χ1n) is 7.57. The second kappa shape index (κ2) is 5.58. The first-order valence-corrected chi connectivity index (χ1v) is 8.56. The van der Waals surface area contributed by atoms with Crippen LogP contribution in [0, 0.1) is 5.41 Å². The molecule has 2 aliphatic heterocycles. The highest BCUT2D eigenvalue weighted by Gasteiger charge is 2.43. The molecule has 0 unspecified atom stereocenters. The van der Waals surface area contributed by atoms with Crippen molar-refractivity contribution >= 4 is 23.6 Å². The highest BCUT2D eigenvalue weighted by molar-refractivity contribution is 8.01. The maximum Gasteiger partial charge on any atom is 0.246 e. The van der Waals surface area contributed by atoms with Crippen LogP contribution < -0.4 is 5.32 Å². The Morgan fingerprint density at radius 1 is 1.40 bits per heavy atom. The van der Waals surface area contributed by atoms with E-state index in [2.05, 4.69) is 19.2 Å². The molecule has 2 fully saturated rings. The summed E-state index contributed by atoms with van der Waals surface area (Å²) in [5, 5.41) is 2.90. The van der Waals surface area contributed by atoms with Gasteiger partial charge >= 0.3 is 0 Å². The van der Waals surface area contributed by atoms with Gasteiger partial charge in [-0.1, -0.05) is 13.8 Å². The third-order valence-corrected chi connectivity index (χ3v) is 6.42. The average molecular weight is 298 g/mol. The molecule has 0 aromatic rings. The molecule has 1 N–H and O–H groups in total. The minimum Gasteiger partial charge on any atom is -0.342 e. The van der Waals surface area contributed by atoms with Crippen LogP contribution in [0.2, 0.25) is 0 Å². The zero-order chi connectivity index (χ0) is 15.0. The SMILES string of the molecule is CCC1(CC)CCN(C(=O)[C@@H]2CSC(C)(C)C(=O)N2)C1. The van der Waals surface area contributed by atoms with Crippen molar-refractivity contribution in [3.8, 4) is 0 Å². The molecule has 2 amide bonds. The van der Waals surface area contributed by atoms with E-state index < -0.39 is 4.75 Å². The Kier molecular flexibility index (Phi) is 4.38. The molecule has 1 atom stereocenters. The maximum absolute atomic E-state index is 12.6. The molecule has 0 spiro atoms. The topological polar surface area (TPSA) is 49.4 Å². The largest absolute Gasteiger partial charge is 0.342 e. The molecule has 0 aromatic heterocycles. The van der Waals surface area contributed by atoms with Gasteiger partial charge < -0.3 is 10.2 Å². The van der Waals surface area contributed by atoms with Crippen LogP contribution in [0.15, 0.2) is 0 Å². The summed E-state index contributed by atoms with van der Waals surface area (Å²) in [4.78, 5) is 26.5. The Bertz CT molecular complexity index is 405. The summed E-state index contributed by atoms with van der Waals surface area (Å²) in [5.41, 5.74) is 0.292. The summed E-state index contributed by atoms with van der Waals surface area (Å²) in [5.74, 6) is 0.757. The van der Waals surface area contributed by atoms with Gasteiger partial charge in [0.25, 0.3) is 0 Å². The van der Waals surface area contributed by atoms with Crippen LogP contribution in [0.5, 0.6) is 0 Å². The summed E-state index contributed by atoms with van der Waals surface area (Å²) >= 11 is 1.58. The van der Waals surface area contributed by atoms with Crippen molar-refractivity contribution < 1.29 is 9.59 Å². The van der Waals surface area contributed by atoms with Gasteiger partial charge in [-0.2, -0.15) is 0 Å². The van der Waals surface area contributed by atoms with Gasteiger partial charge in [-0.3, -0.25) is 9.59 Å². The monoisotopic (exact) mass is 298 g/mol. The Labute approximate surface area is 126 Å². The summed E-state index contributed by atoms with van der Waals surface area (Å²) in [6.45, 7) is 9.90. The molecule has 5 heteroatoms. The predicted molar refractivity (Wildman–Crippen MR) is 82.7 cm³/mol. The third kappa shape index (κ3) is 2.83. The molecule has 2 heterocycles. The quantitative estimate of drug-likeness (QED) is 0.867. The number of thioether (sulfide) groups is 1. The lowest BCUT2D eigenvalue weighted by Crippen LogP contribution is -2.57. The Morgan fingerprint density at radius 3 is 2.55 bits per heavy atom. The number of nitrogens with one attached hydrogen (secondary N) is 1. The zero-order valence-corrected chi connectivity index (χ0v) is 13.8. The van der Waals surface area contributed by atoms with E-state index in [1.807, 2.05) is 18.7 Å². The van der Waals surface area contributed by atoms with Crippen molar-refractivity contribution in [2.75, 3.05) is 18.8 Å². The van der Waals surface area contributed by atoms with E-state index in [-0.39, 0.29) is 17.9 Å². The van der Waals surface area contributed by atoms with Gasteiger partial charge in [-0.25, -0.2) is 0 Å². The van der Waals surface area contributed by atoms with Crippen LogP contribution in [0.3, 0.4) is 0 Å². The number of carbonyl (C=O) groups is 2. The minimum atomic E-state index is -0.418. The average Bonchev–Trinajstić information content (AvgIpc) is 2.86. The molecular formula is C15H26N2O2S. The number of hydrogen-bond acceptors (Lipinski definition) is 3. The highest BCUT2D eigenvalue weighted by Crippen LogP contribution is 2.37. The third-order valence-electron chi connectivity index (χ3n) is 5.01. The molecule has 114 valence electrons. The molecule has 2 saturated heterocycles. The normalized spacial score (nSPS) is 28.3. The Morgan fingerprint density at radius 2 is 2.05 bits per heavy atom. The molecule has 2 rings (SSSR count). The van der Waals surface area contributed by atoms with Crippen LogP contribution in [0.4, 0.5) is 0 Å². The second-order valence-corrected chi connectivity index (χ2v) is 8.21. The van der Waals surface area contributed by atoms with Crippen LogP contribution in [-0.2, 0) is 9.59 Å². The molecule has 2 aliphatic rings. The van der Waals surface area contributed by atoms with E-state index >= 15 is 0 Å². The first-order chi connectivity index (χ1) is 9.33. The fourth-order valence-electron chi connectivity index (χ4n) is 3.03. The molecule has 0 saturated carbocycles. The van der Waals surface area contributed by atoms with Gasteiger partial charge in [0.15, 0.2) is 0 Å². The van der Waals surface area contributed by atoms with Crippen molar-refractivity contribution in [3.05, 3.63) is 0 Å². The maximum atomic E-state index is 12.6. The number of amides is 2. The number of rotatable bonds is 3. The number of carbonyl (C=O) groups excluding carboxylic acids is 2. The van der Waals surface area contributed by atoms with Crippen molar-refractivity contribution in [2.24, 2.45) is 5.41 Å². The Balaban J connectivity index is 1.98. The van der Waals surface area contributed by atoms with E-state index in [9.17, 15) is 9.59 Å². The van der Waals surface area contributed by atoms with Crippen molar-refractivity contribution in [3.63, 3.8) is 0 Å². The van der Waals surface area contributed by atoms with Crippen LogP contribution in [-0.4, -0.2) is 46.3 Å². The molecule has 0 bridgehead atoms. The summed E-state index contributed by atoms with van der Waals surface area (Å²) < 4.78 is -0.418. The molecule has 0 aliphatic carbocycles. The van der Waals surface area contributed by atoms with Crippen LogP contribution >= 0.6 is 11.8 Å². The molecule has 20 heavy (non-hydrogen) atoms. The smallest absolute Gasteiger partial charge is 0.246 e. The second-order valence-electron chi connectivity index (χ2n) is 6.56. The van der Waals surface area contributed by atoms with E-state index in [4.69, 9.17) is 0 Å². The Hall–Kier alpha value is -0.710. The van der Waals surface area contributed by atoms with E-state index in [1.165, 1.54) is 0 Å². The van der Waals surface area contributed by atoms with Gasteiger partial charge in [0.1, 0.15) is 6.04 Å². The van der Waals surface area contributed by atoms with Crippen LogP contribution in [0.25, 0.3) is 0 Å². The number of likely N-dealkylation sites (tertiary alicyclic amines) is 1. The fourth-order valence-corrected chi connectivity index (χ4v) is 4.03. The lowest BCUT2D eigenvalue weighted by molar-refractivity contribution is -0.136. The summed E-state index contributed by atoms with van der Waals surface area (Å²) in [6.07, 6.45) is 3.32. The lowest BCUT2D eigenvalue weighted by atomic mass is 9.82. The van der Waals surface area contributed by atoms with E-state index in [0.29, 0.717) is 11.2 Å². The van der Waals surface area contributed by atoms with Gasteiger partial charge in [0, 0.05) is 18.8 Å². The summed E-state index contributed by atoms with van der Waals surface area (Å²) in [7, 11) is 0. The van der Waals surface area contributed by atoms with Gasteiger partial charge in [-0.05, 0) is 38.5 Å². The predicted octanol–water partition coefficient (Wildman–Crippen LogP) is 2.04. The molecule has 0 aromatic carbocycles. The van der Waals surface area contributed by atoms with Gasteiger partial charge in [0.2, 0.25) is 11.8 Å². The minimum absolute atomic E-state index is 0.0245. The zero-order valence-electron chi connectivity index (χ0n) is 13.0. The fraction of sp³-hybridized carbons (Fsp3) is 0.867. The van der Waals surface area contributed by atoms with Crippen LogP contribution in [0.1, 0.15) is 47.0 Å². The number of hydrogen-bond donors (Lipinski definition) is 1. The highest BCUT2D eigenvalue weighted by atomic mass is 32.2.